The maximum atomic E-state index is 14.0. The fraction of sp³-hybridized carbons (Fsp3) is 0.481. The second kappa shape index (κ2) is 10.4. The van der Waals surface area contributed by atoms with Crippen molar-refractivity contribution in [3.8, 4) is 11.5 Å². The van der Waals surface area contributed by atoms with E-state index in [-0.39, 0.29) is 31.1 Å². The summed E-state index contributed by atoms with van der Waals surface area (Å²) in [5.74, 6) is -0.0144. The number of hydrogen-bond donors (Lipinski definition) is 1. The highest BCUT2D eigenvalue weighted by Gasteiger charge is 2.38. The van der Waals surface area contributed by atoms with Crippen LogP contribution in [-0.4, -0.2) is 66.9 Å². The lowest BCUT2D eigenvalue weighted by molar-refractivity contribution is -0.139. The third-order valence-electron chi connectivity index (χ3n) is 7.53. The molecule has 5 rings (SSSR count). The fourth-order valence-corrected chi connectivity index (χ4v) is 5.62. The highest BCUT2D eigenvalue weighted by molar-refractivity contribution is 5.69. The number of alkyl halides is 3. The molecule has 0 unspecified atom stereocenters. The normalized spacial score (nSPS) is 21.0. The maximum Gasteiger partial charge on any atom is 0.416 e. The number of carboxylic acid groups (broad SMARTS) is 1. The summed E-state index contributed by atoms with van der Waals surface area (Å²) in [7, 11) is 1.31. The van der Waals surface area contributed by atoms with E-state index in [1.165, 1.54) is 13.2 Å². The molecule has 0 radical (unpaired) electrons. The van der Waals surface area contributed by atoms with Crippen molar-refractivity contribution in [3.63, 3.8) is 0 Å². The summed E-state index contributed by atoms with van der Waals surface area (Å²) in [4.78, 5) is 26.3. The van der Waals surface area contributed by atoms with E-state index in [0.717, 1.165) is 17.2 Å². The largest absolute Gasteiger partial charge is 0.492 e. The lowest BCUT2D eigenvalue weighted by Crippen LogP contribution is -2.48. The van der Waals surface area contributed by atoms with Gasteiger partial charge in [0.25, 0.3) is 0 Å². The number of ether oxygens (including phenoxy) is 3. The SMILES string of the molecule is COC(=O)N1CCN(Cc2c(C(F)(F)F)ccc3c2CC[C@H]3Oc2ccc3c(c2)OC[C@H]3CC(=O)O)CC1. The Kier molecular flexibility index (Phi) is 7.13. The number of benzene rings is 2. The number of rotatable bonds is 6. The Morgan fingerprint density at radius 3 is 2.53 bits per heavy atom. The standard InChI is InChI=1S/C27H29F3N2O6/c1-36-26(35)32-10-8-31(9-11-32)14-21-19-5-7-23(20(19)4-6-22(21)27(28,29)30)38-17-2-3-18-16(12-25(33)34)15-37-24(18)13-17/h2-4,6,13,16,23H,5,7-12,14-15H2,1H3,(H,33,34)/t16-,23-/m1/s1. The van der Waals surface area contributed by atoms with E-state index in [4.69, 9.17) is 19.3 Å². The molecule has 11 heteroatoms. The molecule has 0 saturated carbocycles. The molecule has 1 saturated heterocycles. The van der Waals surface area contributed by atoms with Crippen LogP contribution in [0.15, 0.2) is 30.3 Å². The summed E-state index contributed by atoms with van der Waals surface area (Å²) in [5, 5.41) is 9.10. The first-order chi connectivity index (χ1) is 18.1. The number of methoxy groups -OCH3 is 1. The number of carbonyl (C=O) groups is 2. The molecule has 1 aliphatic carbocycles. The topological polar surface area (TPSA) is 88.5 Å². The molecule has 0 bridgehead atoms. The molecule has 3 aliphatic rings. The zero-order chi connectivity index (χ0) is 27.0. The highest BCUT2D eigenvalue weighted by atomic mass is 19.4. The molecule has 2 atom stereocenters. The van der Waals surface area contributed by atoms with Crippen molar-refractivity contribution in [2.75, 3.05) is 39.9 Å². The van der Waals surface area contributed by atoms with Crippen molar-refractivity contribution >= 4 is 12.1 Å². The van der Waals surface area contributed by atoms with Gasteiger partial charge in [0.1, 0.15) is 17.6 Å². The van der Waals surface area contributed by atoms with Crippen LogP contribution in [0.25, 0.3) is 0 Å². The molecule has 204 valence electrons. The Morgan fingerprint density at radius 1 is 1.11 bits per heavy atom. The third-order valence-corrected chi connectivity index (χ3v) is 7.53. The van der Waals surface area contributed by atoms with Gasteiger partial charge < -0.3 is 24.2 Å². The van der Waals surface area contributed by atoms with E-state index in [2.05, 4.69) is 0 Å². The monoisotopic (exact) mass is 534 g/mol. The van der Waals surface area contributed by atoms with Gasteiger partial charge in [-0.05, 0) is 41.7 Å². The molecule has 1 N–H and O–H groups in total. The average molecular weight is 535 g/mol. The molecule has 8 nitrogen and oxygen atoms in total. The van der Waals surface area contributed by atoms with E-state index >= 15 is 0 Å². The van der Waals surface area contributed by atoms with Crippen LogP contribution in [0.1, 0.15) is 52.7 Å². The predicted octanol–water partition coefficient (Wildman–Crippen LogP) is 4.61. The summed E-state index contributed by atoms with van der Waals surface area (Å²) in [5.41, 5.74) is 1.85. The number of carbonyl (C=O) groups excluding carboxylic acids is 1. The van der Waals surface area contributed by atoms with Gasteiger partial charge in [0.2, 0.25) is 0 Å². The van der Waals surface area contributed by atoms with Gasteiger partial charge in [-0.2, -0.15) is 13.2 Å². The Morgan fingerprint density at radius 2 is 1.84 bits per heavy atom. The van der Waals surface area contributed by atoms with Gasteiger partial charge in [-0.15, -0.1) is 0 Å². The van der Waals surface area contributed by atoms with Gasteiger partial charge in [-0.3, -0.25) is 9.69 Å². The molecule has 0 aromatic heterocycles. The fourth-order valence-electron chi connectivity index (χ4n) is 5.62. The van der Waals surface area contributed by atoms with Crippen LogP contribution in [0, 0.1) is 0 Å². The first-order valence-corrected chi connectivity index (χ1v) is 12.6. The second-order valence-electron chi connectivity index (χ2n) is 9.84. The van der Waals surface area contributed by atoms with Gasteiger partial charge in [-0.1, -0.05) is 12.1 Å². The average Bonchev–Trinajstić information content (AvgIpc) is 3.47. The number of aliphatic carboxylic acids is 1. The van der Waals surface area contributed by atoms with Crippen molar-refractivity contribution in [1.29, 1.82) is 0 Å². The number of halogens is 3. The summed E-state index contributed by atoms with van der Waals surface area (Å²) in [6, 6.07) is 7.94. The van der Waals surface area contributed by atoms with Gasteiger partial charge in [0.05, 0.1) is 25.7 Å². The quantitative estimate of drug-likeness (QED) is 0.579. The Labute approximate surface area is 217 Å². The van der Waals surface area contributed by atoms with E-state index < -0.39 is 29.9 Å². The molecule has 2 aliphatic heterocycles. The first-order valence-electron chi connectivity index (χ1n) is 12.6. The number of hydrogen-bond acceptors (Lipinski definition) is 6. The third kappa shape index (κ3) is 5.24. The first kappa shape index (κ1) is 26.1. The van der Waals surface area contributed by atoms with Crippen molar-refractivity contribution in [2.45, 2.75) is 44.0 Å². The maximum absolute atomic E-state index is 14.0. The Bertz CT molecular complexity index is 1230. The molecular weight excluding hydrogens is 505 g/mol. The summed E-state index contributed by atoms with van der Waals surface area (Å²) in [6.45, 7) is 2.11. The molecule has 2 aromatic rings. The molecule has 1 amide bonds. The highest BCUT2D eigenvalue weighted by Crippen LogP contribution is 2.44. The molecule has 1 fully saturated rings. The van der Waals surface area contributed by atoms with Gasteiger partial charge in [0.15, 0.2) is 0 Å². The van der Waals surface area contributed by atoms with E-state index in [0.29, 0.717) is 56.1 Å². The van der Waals surface area contributed by atoms with Crippen LogP contribution in [0.3, 0.4) is 0 Å². The van der Waals surface area contributed by atoms with E-state index in [9.17, 15) is 22.8 Å². The van der Waals surface area contributed by atoms with Crippen LogP contribution in [0.5, 0.6) is 11.5 Å². The van der Waals surface area contributed by atoms with Gasteiger partial charge in [0, 0.05) is 50.3 Å². The molecule has 2 aromatic carbocycles. The van der Waals surface area contributed by atoms with Crippen molar-refractivity contribution in [3.05, 3.63) is 58.1 Å². The zero-order valence-corrected chi connectivity index (χ0v) is 20.9. The minimum absolute atomic E-state index is 0.0226. The summed E-state index contributed by atoms with van der Waals surface area (Å²) >= 11 is 0. The molecular formula is C27H29F3N2O6. The minimum atomic E-state index is -4.49. The van der Waals surface area contributed by atoms with Gasteiger partial charge >= 0.3 is 18.2 Å². The number of amides is 1. The van der Waals surface area contributed by atoms with Crippen LogP contribution >= 0.6 is 0 Å². The Hall–Kier alpha value is -3.47. The van der Waals surface area contributed by atoms with Crippen molar-refractivity contribution < 1.29 is 42.1 Å². The van der Waals surface area contributed by atoms with Crippen molar-refractivity contribution in [2.24, 2.45) is 0 Å². The van der Waals surface area contributed by atoms with Gasteiger partial charge in [-0.25, -0.2) is 4.79 Å². The summed E-state index contributed by atoms with van der Waals surface area (Å²) in [6.07, 6.45) is -4.35. The number of piperazine rings is 1. The van der Waals surface area contributed by atoms with Crippen LogP contribution in [0.2, 0.25) is 0 Å². The smallest absolute Gasteiger partial charge is 0.416 e. The zero-order valence-electron chi connectivity index (χ0n) is 20.9. The number of nitrogens with zero attached hydrogens (tertiary/aromatic N) is 2. The lowest BCUT2D eigenvalue weighted by Gasteiger charge is -2.34. The molecule has 38 heavy (non-hydrogen) atoms. The predicted molar refractivity (Wildman–Crippen MR) is 129 cm³/mol. The van der Waals surface area contributed by atoms with E-state index in [1.807, 2.05) is 4.90 Å². The second-order valence-corrected chi connectivity index (χ2v) is 9.84. The Balaban J connectivity index is 1.35. The van der Waals surface area contributed by atoms with Crippen molar-refractivity contribution in [1.82, 2.24) is 9.80 Å². The lowest BCUT2D eigenvalue weighted by atomic mass is 9.96. The van der Waals surface area contributed by atoms with Crippen LogP contribution in [-0.2, 0) is 28.7 Å². The van der Waals surface area contributed by atoms with E-state index in [1.54, 1.807) is 23.1 Å². The summed E-state index contributed by atoms with van der Waals surface area (Å²) < 4.78 is 58.6. The number of carboxylic acids is 1. The molecule has 0 spiro atoms. The van der Waals surface area contributed by atoms with Crippen LogP contribution in [0.4, 0.5) is 18.0 Å². The van der Waals surface area contributed by atoms with Crippen LogP contribution < -0.4 is 9.47 Å². The molecule has 2 heterocycles. The minimum Gasteiger partial charge on any atom is -0.492 e. The number of fused-ring (bicyclic) bond motifs is 2.